The molecule has 26 heavy (non-hydrogen) atoms. The van der Waals surface area contributed by atoms with Crippen LogP contribution >= 0.6 is 11.6 Å². The van der Waals surface area contributed by atoms with E-state index in [9.17, 15) is 8.42 Å². The summed E-state index contributed by atoms with van der Waals surface area (Å²) in [6, 6.07) is 14.1. The molecule has 0 atom stereocenters. The second-order valence-corrected chi connectivity index (χ2v) is 7.62. The van der Waals surface area contributed by atoms with Crippen LogP contribution in [0.5, 0.6) is 0 Å². The number of primary sulfonamides is 1. The summed E-state index contributed by atoms with van der Waals surface area (Å²) in [4.78, 5) is 4.60. The number of sulfonamides is 1. The average Bonchev–Trinajstić information content (AvgIpc) is 2.61. The third-order valence-corrected chi connectivity index (χ3v) is 4.96. The second kappa shape index (κ2) is 9.56. The van der Waals surface area contributed by atoms with Gasteiger partial charge in [-0.2, -0.15) is 0 Å². The zero-order valence-corrected chi connectivity index (χ0v) is 16.1. The van der Waals surface area contributed by atoms with Crippen molar-refractivity contribution in [2.75, 3.05) is 13.1 Å². The molecule has 0 aromatic heterocycles. The molecule has 8 heteroatoms. The minimum absolute atomic E-state index is 0.0926. The van der Waals surface area contributed by atoms with Crippen LogP contribution in [0.4, 0.5) is 0 Å². The standard InChI is InChI=1S/C18H23ClN4O2S/c1-2-21-18(22-12-11-15-5-3-4-6-17(15)19)23-13-14-7-9-16(10-8-14)26(20,24)25/h3-10H,2,11-13H2,1H3,(H2,20,24,25)(H2,21,22,23). The molecule has 2 aromatic carbocycles. The van der Waals surface area contributed by atoms with Crippen LogP contribution in [0, 0.1) is 0 Å². The SMILES string of the molecule is CCNC(=NCc1ccc(S(N)(=O)=O)cc1)NCCc1ccccc1Cl. The molecule has 0 radical (unpaired) electrons. The van der Waals surface area contributed by atoms with Crippen LogP contribution in [0.1, 0.15) is 18.1 Å². The van der Waals surface area contributed by atoms with Gasteiger partial charge in [0.05, 0.1) is 11.4 Å². The predicted octanol–water partition coefficient (Wildman–Crippen LogP) is 2.29. The molecule has 0 heterocycles. The Morgan fingerprint density at radius 2 is 1.81 bits per heavy atom. The molecule has 2 rings (SSSR count). The first-order valence-corrected chi connectivity index (χ1v) is 10.2. The van der Waals surface area contributed by atoms with Gasteiger partial charge in [0, 0.05) is 18.1 Å². The third-order valence-electron chi connectivity index (χ3n) is 3.66. The number of nitrogens with zero attached hydrogens (tertiary/aromatic N) is 1. The molecule has 0 saturated heterocycles. The summed E-state index contributed by atoms with van der Waals surface area (Å²) in [6.07, 6.45) is 0.785. The van der Waals surface area contributed by atoms with Gasteiger partial charge in [-0.05, 0) is 42.7 Å². The molecule has 0 spiro atoms. The van der Waals surface area contributed by atoms with Gasteiger partial charge in [0.25, 0.3) is 0 Å². The Labute approximate surface area is 159 Å². The van der Waals surface area contributed by atoms with Gasteiger partial charge in [-0.3, -0.25) is 0 Å². The van der Waals surface area contributed by atoms with Crippen molar-refractivity contribution < 1.29 is 8.42 Å². The highest BCUT2D eigenvalue weighted by Crippen LogP contribution is 2.14. The van der Waals surface area contributed by atoms with Gasteiger partial charge < -0.3 is 10.6 Å². The first-order valence-electron chi connectivity index (χ1n) is 8.27. The van der Waals surface area contributed by atoms with Crippen molar-refractivity contribution in [2.45, 2.75) is 24.8 Å². The Balaban J connectivity index is 1.94. The third kappa shape index (κ3) is 6.33. The summed E-state index contributed by atoms with van der Waals surface area (Å²) >= 11 is 6.16. The van der Waals surface area contributed by atoms with E-state index < -0.39 is 10.0 Å². The second-order valence-electron chi connectivity index (χ2n) is 5.65. The number of aliphatic imine (C=N–C) groups is 1. The van der Waals surface area contributed by atoms with E-state index in [-0.39, 0.29) is 4.90 Å². The van der Waals surface area contributed by atoms with E-state index in [2.05, 4.69) is 15.6 Å². The van der Waals surface area contributed by atoms with Crippen molar-refractivity contribution in [3.05, 3.63) is 64.7 Å². The molecule has 0 saturated carbocycles. The van der Waals surface area contributed by atoms with E-state index in [1.807, 2.05) is 31.2 Å². The van der Waals surface area contributed by atoms with Crippen molar-refractivity contribution in [3.63, 3.8) is 0 Å². The van der Waals surface area contributed by atoms with Crippen LogP contribution in [0.25, 0.3) is 0 Å². The number of guanidine groups is 1. The maximum Gasteiger partial charge on any atom is 0.238 e. The van der Waals surface area contributed by atoms with Crippen LogP contribution in [0.3, 0.4) is 0 Å². The van der Waals surface area contributed by atoms with E-state index in [4.69, 9.17) is 16.7 Å². The zero-order valence-electron chi connectivity index (χ0n) is 14.6. The highest BCUT2D eigenvalue weighted by Gasteiger charge is 2.06. The summed E-state index contributed by atoms with van der Waals surface area (Å²) < 4.78 is 22.6. The molecular weight excluding hydrogens is 372 g/mol. The molecule has 0 fully saturated rings. The number of rotatable bonds is 7. The minimum Gasteiger partial charge on any atom is -0.357 e. The molecule has 0 aliphatic carbocycles. The normalized spacial score (nSPS) is 12.0. The van der Waals surface area contributed by atoms with Crippen LogP contribution in [0.15, 0.2) is 58.4 Å². The lowest BCUT2D eigenvalue weighted by Crippen LogP contribution is -2.38. The van der Waals surface area contributed by atoms with E-state index in [0.29, 0.717) is 19.0 Å². The van der Waals surface area contributed by atoms with Gasteiger partial charge in [-0.15, -0.1) is 0 Å². The Hall–Kier alpha value is -2.09. The number of halogens is 1. The van der Waals surface area contributed by atoms with E-state index in [1.54, 1.807) is 12.1 Å². The van der Waals surface area contributed by atoms with Crippen molar-refractivity contribution in [3.8, 4) is 0 Å². The van der Waals surface area contributed by atoms with E-state index >= 15 is 0 Å². The molecule has 4 N–H and O–H groups in total. The highest BCUT2D eigenvalue weighted by atomic mass is 35.5. The largest absolute Gasteiger partial charge is 0.357 e. The van der Waals surface area contributed by atoms with Crippen LogP contribution < -0.4 is 15.8 Å². The molecule has 6 nitrogen and oxygen atoms in total. The van der Waals surface area contributed by atoms with Crippen molar-refractivity contribution in [1.29, 1.82) is 0 Å². The fourth-order valence-electron chi connectivity index (χ4n) is 2.31. The molecule has 0 bridgehead atoms. The molecule has 140 valence electrons. The van der Waals surface area contributed by atoms with Gasteiger partial charge in [-0.25, -0.2) is 18.5 Å². The van der Waals surface area contributed by atoms with E-state index in [1.165, 1.54) is 12.1 Å². The average molecular weight is 395 g/mol. The molecule has 0 amide bonds. The molecule has 0 aliphatic heterocycles. The Bertz CT molecular complexity index is 852. The Morgan fingerprint density at radius 1 is 1.12 bits per heavy atom. The Morgan fingerprint density at radius 3 is 2.42 bits per heavy atom. The van der Waals surface area contributed by atoms with Crippen LogP contribution in [-0.2, 0) is 23.0 Å². The smallest absolute Gasteiger partial charge is 0.238 e. The van der Waals surface area contributed by atoms with Crippen molar-refractivity contribution in [1.82, 2.24) is 10.6 Å². The summed E-state index contributed by atoms with van der Waals surface area (Å²) in [5.74, 6) is 0.690. The van der Waals surface area contributed by atoms with Gasteiger partial charge >= 0.3 is 0 Å². The zero-order chi connectivity index (χ0) is 19.0. The fraction of sp³-hybridized carbons (Fsp3) is 0.278. The van der Waals surface area contributed by atoms with Gasteiger partial charge in [0.2, 0.25) is 10.0 Å². The first kappa shape index (κ1) is 20.2. The summed E-state index contributed by atoms with van der Waals surface area (Å²) in [5, 5.41) is 12.3. The number of benzene rings is 2. The van der Waals surface area contributed by atoms with Crippen LogP contribution in [0.2, 0.25) is 5.02 Å². The molecule has 0 unspecified atom stereocenters. The highest BCUT2D eigenvalue weighted by molar-refractivity contribution is 7.89. The van der Waals surface area contributed by atoms with Crippen molar-refractivity contribution >= 4 is 27.6 Å². The van der Waals surface area contributed by atoms with Crippen LogP contribution in [-0.4, -0.2) is 27.5 Å². The lowest BCUT2D eigenvalue weighted by Gasteiger charge is -2.12. The first-order chi connectivity index (χ1) is 12.4. The lowest BCUT2D eigenvalue weighted by atomic mass is 10.1. The number of nitrogens with two attached hydrogens (primary N) is 1. The molecule has 2 aromatic rings. The fourth-order valence-corrected chi connectivity index (χ4v) is 3.06. The maximum absolute atomic E-state index is 11.3. The molecule has 0 aliphatic rings. The topological polar surface area (TPSA) is 96.6 Å². The quantitative estimate of drug-likeness (QED) is 0.495. The monoisotopic (exact) mass is 394 g/mol. The van der Waals surface area contributed by atoms with Gasteiger partial charge in [-0.1, -0.05) is 41.9 Å². The van der Waals surface area contributed by atoms with Gasteiger partial charge in [0.1, 0.15) is 0 Å². The van der Waals surface area contributed by atoms with Gasteiger partial charge in [0.15, 0.2) is 5.96 Å². The summed E-state index contributed by atoms with van der Waals surface area (Å²) in [7, 11) is -3.67. The molecular formula is C18H23ClN4O2S. The predicted molar refractivity (Wildman–Crippen MR) is 106 cm³/mol. The Kier molecular flexibility index (Phi) is 7.44. The lowest BCUT2D eigenvalue weighted by molar-refractivity contribution is 0.598. The maximum atomic E-state index is 11.3. The number of hydrogen-bond acceptors (Lipinski definition) is 3. The minimum atomic E-state index is -3.67. The summed E-state index contributed by atoms with van der Waals surface area (Å²) in [6.45, 7) is 3.85. The van der Waals surface area contributed by atoms with E-state index in [0.717, 1.165) is 29.1 Å². The number of hydrogen-bond donors (Lipinski definition) is 3. The number of nitrogens with one attached hydrogen (secondary N) is 2. The summed E-state index contributed by atoms with van der Waals surface area (Å²) in [5.41, 5.74) is 1.97. The van der Waals surface area contributed by atoms with Crippen molar-refractivity contribution in [2.24, 2.45) is 10.1 Å².